The molecule has 68 valence electrons. The average molecular weight is 174 g/mol. The van der Waals surface area contributed by atoms with Crippen molar-refractivity contribution in [3.8, 4) is 0 Å². The minimum atomic E-state index is 0.642. The van der Waals surface area contributed by atoms with E-state index in [4.69, 9.17) is 4.74 Å². The lowest BCUT2D eigenvalue weighted by atomic mass is 10.2. The van der Waals surface area contributed by atoms with E-state index in [0.717, 1.165) is 19.6 Å². The molecule has 13 heavy (non-hydrogen) atoms. The standard InChI is InChI=1S/C12H14O/c1-10-7-12(10)9-13-8-11-5-3-2-4-6-11/h2-6,12H,1,7-9H2/t12-/m1/s1. The smallest absolute Gasteiger partial charge is 0.0717 e. The van der Waals surface area contributed by atoms with Crippen LogP contribution in [0.2, 0.25) is 0 Å². The summed E-state index contributed by atoms with van der Waals surface area (Å²) in [5, 5.41) is 0. The van der Waals surface area contributed by atoms with E-state index < -0.39 is 0 Å². The van der Waals surface area contributed by atoms with Gasteiger partial charge < -0.3 is 4.74 Å². The van der Waals surface area contributed by atoms with E-state index in [9.17, 15) is 0 Å². The average Bonchev–Trinajstić information content (AvgIpc) is 2.84. The number of hydrogen-bond donors (Lipinski definition) is 0. The van der Waals surface area contributed by atoms with E-state index in [1.165, 1.54) is 11.1 Å². The van der Waals surface area contributed by atoms with Crippen molar-refractivity contribution in [3.05, 3.63) is 48.0 Å². The van der Waals surface area contributed by atoms with Crippen LogP contribution in [0.4, 0.5) is 0 Å². The second kappa shape index (κ2) is 3.75. The Morgan fingerprint density at radius 3 is 2.62 bits per heavy atom. The first-order chi connectivity index (χ1) is 6.36. The van der Waals surface area contributed by atoms with Crippen LogP contribution in [0.25, 0.3) is 0 Å². The molecule has 0 unspecified atom stereocenters. The molecule has 1 atom stereocenters. The van der Waals surface area contributed by atoms with Gasteiger partial charge in [0.05, 0.1) is 13.2 Å². The van der Waals surface area contributed by atoms with Crippen molar-refractivity contribution in [2.45, 2.75) is 13.0 Å². The molecule has 1 aliphatic carbocycles. The zero-order valence-corrected chi connectivity index (χ0v) is 7.70. The molecule has 0 spiro atoms. The molecule has 0 bridgehead atoms. The van der Waals surface area contributed by atoms with Crippen LogP contribution in [-0.2, 0) is 11.3 Å². The molecular formula is C12H14O. The molecule has 0 radical (unpaired) electrons. The van der Waals surface area contributed by atoms with Crippen LogP contribution in [0.5, 0.6) is 0 Å². The lowest BCUT2D eigenvalue weighted by Gasteiger charge is -2.01. The van der Waals surface area contributed by atoms with Gasteiger partial charge in [-0.2, -0.15) is 0 Å². The summed E-state index contributed by atoms with van der Waals surface area (Å²) < 4.78 is 5.55. The minimum absolute atomic E-state index is 0.642. The zero-order chi connectivity index (χ0) is 9.10. The van der Waals surface area contributed by atoms with Crippen LogP contribution in [0.3, 0.4) is 0 Å². The van der Waals surface area contributed by atoms with Gasteiger partial charge in [-0.1, -0.05) is 42.5 Å². The molecule has 1 aliphatic rings. The lowest BCUT2D eigenvalue weighted by Crippen LogP contribution is -1.96. The van der Waals surface area contributed by atoms with Gasteiger partial charge in [0.25, 0.3) is 0 Å². The summed E-state index contributed by atoms with van der Waals surface area (Å²) in [4.78, 5) is 0. The fourth-order valence-corrected chi connectivity index (χ4v) is 1.33. The summed E-state index contributed by atoms with van der Waals surface area (Å²) in [7, 11) is 0. The molecule has 2 rings (SSSR count). The van der Waals surface area contributed by atoms with E-state index in [0.29, 0.717) is 5.92 Å². The summed E-state index contributed by atoms with van der Waals surface area (Å²) in [6.07, 6.45) is 1.16. The minimum Gasteiger partial charge on any atom is -0.376 e. The fraction of sp³-hybridized carbons (Fsp3) is 0.333. The van der Waals surface area contributed by atoms with E-state index in [1.807, 2.05) is 18.2 Å². The Morgan fingerprint density at radius 2 is 2.00 bits per heavy atom. The number of ether oxygens (including phenoxy) is 1. The van der Waals surface area contributed by atoms with Crippen LogP contribution in [0, 0.1) is 5.92 Å². The quantitative estimate of drug-likeness (QED) is 0.638. The van der Waals surface area contributed by atoms with Gasteiger partial charge in [-0.15, -0.1) is 0 Å². The normalized spacial score (nSPS) is 20.3. The first kappa shape index (κ1) is 8.52. The van der Waals surface area contributed by atoms with Crippen LogP contribution >= 0.6 is 0 Å². The lowest BCUT2D eigenvalue weighted by molar-refractivity contribution is 0.114. The van der Waals surface area contributed by atoms with Gasteiger partial charge in [-0.25, -0.2) is 0 Å². The molecule has 0 saturated heterocycles. The van der Waals surface area contributed by atoms with E-state index >= 15 is 0 Å². The van der Waals surface area contributed by atoms with Crippen molar-refractivity contribution in [3.63, 3.8) is 0 Å². The maximum atomic E-state index is 5.55. The second-order valence-corrected chi connectivity index (χ2v) is 3.56. The molecule has 0 amide bonds. The van der Waals surface area contributed by atoms with Crippen molar-refractivity contribution in [2.75, 3.05) is 6.61 Å². The summed E-state index contributed by atoms with van der Waals surface area (Å²) in [6, 6.07) is 10.3. The molecule has 0 heterocycles. The molecule has 1 heteroatoms. The maximum absolute atomic E-state index is 5.55. The van der Waals surface area contributed by atoms with Crippen molar-refractivity contribution < 1.29 is 4.74 Å². The summed E-state index contributed by atoms with van der Waals surface area (Å²) in [5.41, 5.74) is 2.59. The second-order valence-electron chi connectivity index (χ2n) is 3.56. The predicted octanol–water partition coefficient (Wildman–Crippen LogP) is 2.78. The maximum Gasteiger partial charge on any atom is 0.0717 e. The molecule has 1 saturated carbocycles. The Labute approximate surface area is 79.0 Å². The third-order valence-electron chi connectivity index (χ3n) is 2.36. The van der Waals surface area contributed by atoms with Gasteiger partial charge in [-0.05, 0) is 12.0 Å². The number of hydrogen-bond acceptors (Lipinski definition) is 1. The van der Waals surface area contributed by atoms with Crippen molar-refractivity contribution >= 4 is 0 Å². The third kappa shape index (κ3) is 2.43. The molecule has 1 nitrogen and oxygen atoms in total. The highest BCUT2D eigenvalue weighted by atomic mass is 16.5. The van der Waals surface area contributed by atoms with Crippen molar-refractivity contribution in [1.82, 2.24) is 0 Å². The molecule has 1 fully saturated rings. The Kier molecular flexibility index (Phi) is 2.46. The van der Waals surface area contributed by atoms with E-state index in [-0.39, 0.29) is 0 Å². The number of rotatable bonds is 4. The summed E-state index contributed by atoms with van der Waals surface area (Å²) >= 11 is 0. The van der Waals surface area contributed by atoms with Gasteiger partial charge in [0.2, 0.25) is 0 Å². The first-order valence-electron chi connectivity index (χ1n) is 4.65. The summed E-state index contributed by atoms with van der Waals surface area (Å²) in [6.45, 7) is 5.46. The highest BCUT2D eigenvalue weighted by molar-refractivity contribution is 5.18. The Morgan fingerprint density at radius 1 is 1.31 bits per heavy atom. The first-order valence-corrected chi connectivity index (χ1v) is 4.65. The molecule has 1 aromatic rings. The van der Waals surface area contributed by atoms with Crippen LogP contribution < -0.4 is 0 Å². The molecule has 0 N–H and O–H groups in total. The zero-order valence-electron chi connectivity index (χ0n) is 7.70. The van der Waals surface area contributed by atoms with Crippen molar-refractivity contribution in [1.29, 1.82) is 0 Å². The fourth-order valence-electron chi connectivity index (χ4n) is 1.33. The topological polar surface area (TPSA) is 9.23 Å². The highest BCUT2D eigenvalue weighted by Gasteiger charge is 2.26. The molecule has 1 aromatic carbocycles. The SMILES string of the molecule is C=C1C[C@@H]1COCc1ccccc1. The summed E-state index contributed by atoms with van der Waals surface area (Å²) in [5.74, 6) is 0.642. The van der Waals surface area contributed by atoms with E-state index in [2.05, 4.69) is 18.7 Å². The Hall–Kier alpha value is -1.08. The molecule has 0 aromatic heterocycles. The Bertz CT molecular complexity index is 289. The van der Waals surface area contributed by atoms with Crippen LogP contribution in [-0.4, -0.2) is 6.61 Å². The van der Waals surface area contributed by atoms with Gasteiger partial charge in [-0.3, -0.25) is 0 Å². The van der Waals surface area contributed by atoms with Gasteiger partial charge in [0.1, 0.15) is 0 Å². The largest absolute Gasteiger partial charge is 0.376 e. The van der Waals surface area contributed by atoms with Crippen LogP contribution in [0.1, 0.15) is 12.0 Å². The van der Waals surface area contributed by atoms with Crippen LogP contribution in [0.15, 0.2) is 42.5 Å². The monoisotopic (exact) mass is 174 g/mol. The number of benzene rings is 1. The predicted molar refractivity (Wildman–Crippen MR) is 53.3 cm³/mol. The van der Waals surface area contributed by atoms with Gasteiger partial charge >= 0.3 is 0 Å². The van der Waals surface area contributed by atoms with E-state index in [1.54, 1.807) is 0 Å². The molecular weight excluding hydrogens is 160 g/mol. The van der Waals surface area contributed by atoms with Gasteiger partial charge in [0.15, 0.2) is 0 Å². The highest BCUT2D eigenvalue weighted by Crippen LogP contribution is 2.35. The van der Waals surface area contributed by atoms with Crippen molar-refractivity contribution in [2.24, 2.45) is 5.92 Å². The molecule has 0 aliphatic heterocycles. The third-order valence-corrected chi connectivity index (χ3v) is 2.36. The van der Waals surface area contributed by atoms with Gasteiger partial charge in [0, 0.05) is 5.92 Å². The Balaban J connectivity index is 1.71.